The predicted octanol–water partition coefficient (Wildman–Crippen LogP) is 4.46. The molecule has 0 aliphatic carbocycles. The Morgan fingerprint density at radius 2 is 1.58 bits per heavy atom. The third kappa shape index (κ3) is 5.33. The Kier molecular flexibility index (Phi) is 6.59. The highest BCUT2D eigenvalue weighted by molar-refractivity contribution is 5.79. The first kappa shape index (κ1) is 22.0. The first-order valence-corrected chi connectivity index (χ1v) is 10.7. The second-order valence-electron chi connectivity index (χ2n) is 7.62. The summed E-state index contributed by atoms with van der Waals surface area (Å²) >= 11 is 0. The summed E-state index contributed by atoms with van der Waals surface area (Å²) in [6.45, 7) is 2.87. The van der Waals surface area contributed by atoms with Crippen LogP contribution in [-0.4, -0.2) is 16.6 Å². The molecule has 1 heterocycles. The molecule has 6 N–H and O–H groups in total. The van der Waals surface area contributed by atoms with Crippen molar-refractivity contribution in [2.75, 3.05) is 23.8 Å². The van der Waals surface area contributed by atoms with Crippen molar-refractivity contribution in [3.8, 4) is 22.6 Å². The van der Waals surface area contributed by atoms with Crippen molar-refractivity contribution in [1.82, 2.24) is 9.97 Å². The van der Waals surface area contributed by atoms with E-state index in [0.29, 0.717) is 42.6 Å². The second kappa shape index (κ2) is 9.91. The summed E-state index contributed by atoms with van der Waals surface area (Å²) in [5, 5.41) is 0. The topological polar surface area (TPSA) is 122 Å². The van der Waals surface area contributed by atoms with Crippen LogP contribution in [0.15, 0.2) is 72.9 Å². The highest BCUT2D eigenvalue weighted by Gasteiger charge is 2.17. The van der Waals surface area contributed by atoms with Crippen LogP contribution in [0.5, 0.6) is 11.5 Å². The Bertz CT molecular complexity index is 1240. The maximum absolute atomic E-state index is 6.33. The van der Waals surface area contributed by atoms with Gasteiger partial charge in [0.05, 0.1) is 12.2 Å². The molecule has 7 nitrogen and oxygen atoms in total. The van der Waals surface area contributed by atoms with E-state index in [2.05, 4.69) is 9.97 Å². The first-order chi connectivity index (χ1) is 16.0. The molecule has 0 saturated heterocycles. The summed E-state index contributed by atoms with van der Waals surface area (Å²) in [6.07, 6.45) is 2.15. The van der Waals surface area contributed by atoms with Gasteiger partial charge in [-0.1, -0.05) is 42.5 Å². The quantitative estimate of drug-likeness (QED) is 0.345. The van der Waals surface area contributed by atoms with Crippen molar-refractivity contribution in [2.45, 2.75) is 20.0 Å². The van der Waals surface area contributed by atoms with Crippen LogP contribution in [0.4, 0.5) is 17.5 Å². The summed E-state index contributed by atoms with van der Waals surface area (Å²) < 4.78 is 12.4. The lowest BCUT2D eigenvalue weighted by molar-refractivity contribution is 0.301. The van der Waals surface area contributed by atoms with E-state index in [1.807, 2.05) is 73.7 Å². The molecule has 4 rings (SSSR count). The number of anilines is 3. The lowest BCUT2D eigenvalue weighted by atomic mass is 9.98. The molecule has 0 bridgehead atoms. The number of rotatable bonds is 8. The van der Waals surface area contributed by atoms with Gasteiger partial charge < -0.3 is 26.7 Å². The van der Waals surface area contributed by atoms with Crippen LogP contribution in [-0.2, 0) is 13.0 Å². The van der Waals surface area contributed by atoms with Crippen molar-refractivity contribution in [1.29, 1.82) is 0 Å². The van der Waals surface area contributed by atoms with Gasteiger partial charge in [-0.05, 0) is 47.9 Å². The summed E-state index contributed by atoms with van der Waals surface area (Å²) in [5.74, 6) is 1.90. The second-order valence-corrected chi connectivity index (χ2v) is 7.62. The minimum Gasteiger partial charge on any atom is -0.493 e. The molecule has 3 aromatic carbocycles. The van der Waals surface area contributed by atoms with E-state index in [4.69, 9.17) is 26.7 Å². The third-order valence-electron chi connectivity index (χ3n) is 5.15. The maximum atomic E-state index is 6.33. The molecule has 0 aliphatic rings. The lowest BCUT2D eigenvalue weighted by Gasteiger charge is -2.19. The van der Waals surface area contributed by atoms with Crippen LogP contribution in [0, 0.1) is 0 Å². The molecule has 0 amide bonds. The minimum atomic E-state index is 0.148. The van der Waals surface area contributed by atoms with E-state index >= 15 is 0 Å². The molecule has 0 fully saturated rings. The van der Waals surface area contributed by atoms with E-state index in [0.717, 1.165) is 27.8 Å². The molecule has 0 saturated carbocycles. The Hall–Kier alpha value is -4.26. The molecule has 7 heteroatoms. The van der Waals surface area contributed by atoms with Crippen LogP contribution >= 0.6 is 0 Å². The molecule has 0 radical (unpaired) electrons. The van der Waals surface area contributed by atoms with Gasteiger partial charge in [-0.3, -0.25) is 0 Å². The van der Waals surface area contributed by atoms with Crippen molar-refractivity contribution in [3.63, 3.8) is 0 Å². The smallest absolute Gasteiger partial charge is 0.221 e. The Morgan fingerprint density at radius 1 is 0.818 bits per heavy atom. The van der Waals surface area contributed by atoms with Crippen LogP contribution in [0.2, 0.25) is 0 Å². The van der Waals surface area contributed by atoms with E-state index in [-0.39, 0.29) is 5.95 Å². The van der Waals surface area contributed by atoms with E-state index in [1.54, 1.807) is 6.20 Å². The fraction of sp³-hybridized carbons (Fsp3) is 0.154. The van der Waals surface area contributed by atoms with E-state index in [9.17, 15) is 0 Å². The van der Waals surface area contributed by atoms with Gasteiger partial charge in [0.1, 0.15) is 23.9 Å². The zero-order chi connectivity index (χ0) is 23.2. The summed E-state index contributed by atoms with van der Waals surface area (Å²) in [4.78, 5) is 8.15. The molecule has 0 spiro atoms. The largest absolute Gasteiger partial charge is 0.493 e. The number of ether oxygens (including phenoxy) is 2. The van der Waals surface area contributed by atoms with Crippen molar-refractivity contribution in [2.24, 2.45) is 0 Å². The number of aromatic nitrogens is 2. The highest BCUT2D eigenvalue weighted by atomic mass is 16.5. The predicted molar refractivity (Wildman–Crippen MR) is 132 cm³/mol. The summed E-state index contributed by atoms with van der Waals surface area (Å²) in [5.41, 5.74) is 23.0. The molecule has 0 unspecified atom stereocenters. The van der Waals surface area contributed by atoms with Crippen LogP contribution in [0.1, 0.15) is 23.6 Å². The monoisotopic (exact) mass is 441 g/mol. The zero-order valence-corrected chi connectivity index (χ0v) is 18.5. The van der Waals surface area contributed by atoms with Crippen molar-refractivity contribution in [3.05, 3.63) is 89.6 Å². The van der Waals surface area contributed by atoms with Crippen molar-refractivity contribution < 1.29 is 9.47 Å². The Labute approximate surface area is 193 Å². The van der Waals surface area contributed by atoms with Crippen LogP contribution in [0.3, 0.4) is 0 Å². The van der Waals surface area contributed by atoms with Crippen molar-refractivity contribution >= 4 is 17.5 Å². The maximum Gasteiger partial charge on any atom is 0.221 e. The number of benzene rings is 3. The van der Waals surface area contributed by atoms with Gasteiger partial charge >= 0.3 is 0 Å². The van der Waals surface area contributed by atoms with Gasteiger partial charge in [0.25, 0.3) is 0 Å². The highest BCUT2D eigenvalue weighted by Crippen LogP contribution is 2.41. The van der Waals surface area contributed by atoms with E-state index < -0.39 is 0 Å². The normalized spacial score (nSPS) is 10.7. The number of nitrogens with two attached hydrogens (primary N) is 3. The summed E-state index contributed by atoms with van der Waals surface area (Å²) in [7, 11) is 0. The SMILES string of the molecule is CCOc1cc(Cc2cnc(N)nc2N)cc(OCc2ccccc2)c1-c1cccc(N)c1. The minimum absolute atomic E-state index is 0.148. The van der Waals surface area contributed by atoms with Gasteiger partial charge in [-0.15, -0.1) is 0 Å². The lowest BCUT2D eigenvalue weighted by Crippen LogP contribution is -2.05. The molecule has 168 valence electrons. The average Bonchev–Trinajstić information content (AvgIpc) is 2.80. The van der Waals surface area contributed by atoms with Gasteiger partial charge in [0.15, 0.2) is 0 Å². The number of hydrogen-bond acceptors (Lipinski definition) is 7. The molecule has 4 aromatic rings. The van der Waals surface area contributed by atoms with Crippen LogP contribution in [0.25, 0.3) is 11.1 Å². The molecule has 1 aromatic heterocycles. The molecule has 0 aliphatic heterocycles. The molecule has 33 heavy (non-hydrogen) atoms. The molecular formula is C26H27N5O2. The molecule has 0 atom stereocenters. The van der Waals surface area contributed by atoms with Crippen LogP contribution < -0.4 is 26.7 Å². The fourth-order valence-electron chi connectivity index (χ4n) is 3.63. The van der Waals surface area contributed by atoms with Gasteiger partial charge in [0, 0.05) is 23.9 Å². The fourth-order valence-corrected chi connectivity index (χ4v) is 3.63. The first-order valence-electron chi connectivity index (χ1n) is 10.7. The molecular weight excluding hydrogens is 414 g/mol. The number of nitrogens with zero attached hydrogens (tertiary/aromatic N) is 2. The van der Waals surface area contributed by atoms with Gasteiger partial charge in [0.2, 0.25) is 5.95 Å². The summed E-state index contributed by atoms with van der Waals surface area (Å²) in [6, 6.07) is 21.7. The van der Waals surface area contributed by atoms with Gasteiger partial charge in [-0.25, -0.2) is 4.98 Å². The Balaban J connectivity index is 1.79. The van der Waals surface area contributed by atoms with E-state index in [1.165, 1.54) is 0 Å². The third-order valence-corrected chi connectivity index (χ3v) is 5.15. The zero-order valence-electron chi connectivity index (χ0n) is 18.5. The Morgan fingerprint density at radius 3 is 2.27 bits per heavy atom. The number of hydrogen-bond donors (Lipinski definition) is 3. The standard InChI is InChI=1S/C26H27N5O2/c1-2-32-22-12-18(11-20-15-30-26(29)31-25(20)28)13-23(33-16-17-7-4-3-5-8-17)24(22)19-9-6-10-21(27)14-19/h3-10,12-15H,2,11,16,27H2,1H3,(H4,28,29,30,31). The van der Waals surface area contributed by atoms with Gasteiger partial charge in [-0.2, -0.15) is 4.98 Å². The number of nitrogen functional groups attached to an aromatic ring is 3. The average molecular weight is 442 g/mol.